The minimum absolute atomic E-state index is 0. The van der Waals surface area contributed by atoms with E-state index in [1.54, 1.807) is 0 Å². The largest absolute Gasteiger partial charge is 0.522 e. The molecule has 0 aromatic carbocycles. The monoisotopic (exact) mass is 448 g/mol. The number of ether oxygens (including phenoxy) is 1. The van der Waals surface area contributed by atoms with Crippen molar-refractivity contribution in [2.45, 2.75) is 102 Å². The van der Waals surface area contributed by atoms with Crippen molar-refractivity contribution in [3.8, 4) is 0 Å². The molecule has 0 saturated heterocycles. The maximum Gasteiger partial charge on any atom is 0.522 e. The van der Waals surface area contributed by atoms with Gasteiger partial charge in [-0.1, -0.05) is 19.8 Å². The van der Waals surface area contributed by atoms with Crippen LogP contribution < -0.4 is 0 Å². The van der Waals surface area contributed by atoms with Crippen LogP contribution in [0.4, 0.5) is 17.6 Å². The van der Waals surface area contributed by atoms with Crippen molar-refractivity contribution in [3.63, 3.8) is 0 Å². The first kappa shape index (κ1) is 27.6. The van der Waals surface area contributed by atoms with E-state index in [1.165, 1.54) is 25.7 Å². The van der Waals surface area contributed by atoms with E-state index in [1.807, 2.05) is 0 Å². The fourth-order valence-corrected chi connectivity index (χ4v) is 5.96. The van der Waals surface area contributed by atoms with Crippen LogP contribution in [0.1, 0.15) is 79.0 Å². The van der Waals surface area contributed by atoms with E-state index in [0.717, 1.165) is 12.3 Å². The van der Waals surface area contributed by atoms with E-state index in [-0.39, 0.29) is 37.1 Å². The van der Waals surface area contributed by atoms with Gasteiger partial charge in [-0.3, -0.25) is 9.99 Å². The van der Waals surface area contributed by atoms with Crippen LogP contribution in [0.25, 0.3) is 0 Å². The van der Waals surface area contributed by atoms with Gasteiger partial charge in [0.1, 0.15) is 12.3 Å². The van der Waals surface area contributed by atoms with Crippen LogP contribution in [0, 0.1) is 29.6 Å². The third kappa shape index (κ3) is 7.29. The maximum absolute atomic E-state index is 15.1. The molecule has 30 heavy (non-hydrogen) atoms. The molecule has 0 aliphatic heterocycles. The number of alkyl halides is 4. The number of halogens is 4. The molecule has 0 aromatic heterocycles. The van der Waals surface area contributed by atoms with Crippen molar-refractivity contribution in [1.82, 2.24) is 0 Å². The first-order valence-corrected chi connectivity index (χ1v) is 11.0. The van der Waals surface area contributed by atoms with Gasteiger partial charge >= 0.3 is 6.36 Å². The van der Waals surface area contributed by atoms with Gasteiger partial charge in [-0.05, 0) is 81.5 Å². The molecule has 3 aliphatic rings. The minimum atomic E-state index is -4.62. The summed E-state index contributed by atoms with van der Waals surface area (Å²) in [4.78, 5) is 4.73. The lowest BCUT2D eigenvalue weighted by molar-refractivity contribution is -0.348. The highest BCUT2D eigenvalue weighted by Crippen LogP contribution is 2.45. The molecule has 3 fully saturated rings. The Labute approximate surface area is 177 Å². The molecule has 3 saturated carbocycles. The fraction of sp³-hybridized carbons (Fsp3) is 1.00. The summed E-state index contributed by atoms with van der Waals surface area (Å²) >= 11 is 0. The second-order valence-corrected chi connectivity index (χ2v) is 9.44. The van der Waals surface area contributed by atoms with Gasteiger partial charge in [-0.25, -0.2) is 9.28 Å². The van der Waals surface area contributed by atoms with Gasteiger partial charge in [0.2, 0.25) is 0 Å². The van der Waals surface area contributed by atoms with Crippen molar-refractivity contribution in [2.75, 3.05) is 0 Å². The summed E-state index contributed by atoms with van der Waals surface area (Å²) in [5.74, 6) is 1.31. The van der Waals surface area contributed by atoms with E-state index in [0.29, 0.717) is 37.5 Å². The average Bonchev–Trinajstić information content (AvgIpc) is 2.64. The van der Waals surface area contributed by atoms with Gasteiger partial charge in [0.15, 0.2) is 0 Å². The third-order valence-corrected chi connectivity index (χ3v) is 7.62. The van der Waals surface area contributed by atoms with Crippen LogP contribution in [-0.2, 0) is 9.62 Å². The lowest BCUT2D eigenvalue weighted by Crippen LogP contribution is -2.43. The number of rotatable bonds is 5. The molecule has 3 rings (SSSR count). The fourth-order valence-electron chi connectivity index (χ4n) is 5.96. The predicted octanol–water partition coefficient (Wildman–Crippen LogP) is 5.12. The highest BCUT2D eigenvalue weighted by molar-refractivity contribution is 4.92. The van der Waals surface area contributed by atoms with Crippen molar-refractivity contribution >= 4 is 0 Å². The zero-order chi connectivity index (χ0) is 20.3. The first-order valence-electron chi connectivity index (χ1n) is 11.0. The molecule has 9 heteroatoms. The molecule has 0 radical (unpaired) electrons. The SMILES string of the molecule is CC1CCC(C2CCC(C(OO)C3CCC(OC(F)(F)F)CC3)C(F)C2)CC1.O.O.[HH]. The molecule has 4 atom stereocenters. The summed E-state index contributed by atoms with van der Waals surface area (Å²) in [5, 5.41) is 9.47. The standard InChI is InChI=1S/C21H34F4O3.2H2O.H2/c1-13-2-4-14(5-3-13)16-8-11-18(19(22)12-16)20(28-26)15-6-9-17(10-7-15)27-21(23,24)25;;;/h13-20,26H,2-12H2,1H3;2*1H2;1H. The van der Waals surface area contributed by atoms with Gasteiger partial charge < -0.3 is 11.0 Å². The van der Waals surface area contributed by atoms with Gasteiger partial charge in [0.05, 0.1) is 6.10 Å². The zero-order valence-corrected chi connectivity index (χ0v) is 17.7. The Balaban J connectivity index is 0.00000300. The van der Waals surface area contributed by atoms with E-state index >= 15 is 4.39 Å². The Bertz CT molecular complexity index is 483. The number of hydrogen-bond acceptors (Lipinski definition) is 3. The summed E-state index contributed by atoms with van der Waals surface area (Å²) in [6.07, 6.45) is 1.32. The van der Waals surface area contributed by atoms with Crippen LogP contribution in [0.5, 0.6) is 0 Å². The van der Waals surface area contributed by atoms with Gasteiger partial charge in [0.25, 0.3) is 0 Å². The molecule has 5 N–H and O–H groups in total. The normalized spacial score (nSPS) is 38.8. The van der Waals surface area contributed by atoms with Crippen LogP contribution in [0.3, 0.4) is 0 Å². The molecule has 0 aromatic rings. The van der Waals surface area contributed by atoms with E-state index < -0.39 is 24.7 Å². The van der Waals surface area contributed by atoms with Gasteiger partial charge in [-0.2, -0.15) is 0 Å². The molecular formula is C21H40F4O5. The summed E-state index contributed by atoms with van der Waals surface area (Å²) < 4.78 is 56.3. The molecule has 5 nitrogen and oxygen atoms in total. The Morgan fingerprint density at radius 1 is 0.867 bits per heavy atom. The van der Waals surface area contributed by atoms with E-state index in [4.69, 9.17) is 4.89 Å². The average molecular weight is 449 g/mol. The molecule has 4 unspecified atom stereocenters. The van der Waals surface area contributed by atoms with Crippen molar-refractivity contribution in [1.29, 1.82) is 0 Å². The second-order valence-electron chi connectivity index (χ2n) is 9.44. The Morgan fingerprint density at radius 2 is 1.43 bits per heavy atom. The maximum atomic E-state index is 15.1. The molecule has 3 aliphatic carbocycles. The topological polar surface area (TPSA) is 102 Å². The summed E-state index contributed by atoms with van der Waals surface area (Å²) in [7, 11) is 0. The Morgan fingerprint density at radius 3 is 1.93 bits per heavy atom. The van der Waals surface area contributed by atoms with Crippen molar-refractivity contribution < 1.29 is 44.8 Å². The molecule has 0 spiro atoms. The van der Waals surface area contributed by atoms with Gasteiger partial charge in [0, 0.05) is 7.34 Å². The lowest BCUT2D eigenvalue weighted by atomic mass is 9.66. The Kier molecular flexibility index (Phi) is 11.0. The van der Waals surface area contributed by atoms with E-state index in [2.05, 4.69) is 11.7 Å². The van der Waals surface area contributed by atoms with Gasteiger partial charge in [-0.15, -0.1) is 13.2 Å². The van der Waals surface area contributed by atoms with Crippen LogP contribution in [0.2, 0.25) is 0 Å². The molecule has 0 amide bonds. The van der Waals surface area contributed by atoms with E-state index in [9.17, 15) is 18.4 Å². The molecular weight excluding hydrogens is 408 g/mol. The Hall–Kier alpha value is -0.480. The minimum Gasteiger partial charge on any atom is -0.412 e. The van der Waals surface area contributed by atoms with Crippen molar-refractivity contribution in [3.05, 3.63) is 0 Å². The van der Waals surface area contributed by atoms with Crippen LogP contribution in [0.15, 0.2) is 0 Å². The first-order chi connectivity index (χ1) is 13.3. The summed E-state index contributed by atoms with van der Waals surface area (Å²) in [6.45, 7) is 2.28. The lowest BCUT2D eigenvalue weighted by Gasteiger charge is -2.43. The number of hydrogen-bond donors (Lipinski definition) is 1. The van der Waals surface area contributed by atoms with Crippen LogP contribution >= 0.6 is 0 Å². The predicted molar refractivity (Wildman–Crippen MR) is 107 cm³/mol. The van der Waals surface area contributed by atoms with Crippen LogP contribution in [-0.4, -0.2) is 41.0 Å². The summed E-state index contributed by atoms with van der Waals surface area (Å²) in [5.41, 5.74) is 0. The summed E-state index contributed by atoms with van der Waals surface area (Å²) in [6, 6.07) is 0. The van der Waals surface area contributed by atoms with Crippen molar-refractivity contribution in [2.24, 2.45) is 29.6 Å². The molecule has 0 bridgehead atoms. The molecule has 182 valence electrons. The molecule has 0 heterocycles. The smallest absolute Gasteiger partial charge is 0.412 e. The zero-order valence-electron chi connectivity index (χ0n) is 17.7. The highest BCUT2D eigenvalue weighted by Gasteiger charge is 2.44. The quantitative estimate of drug-likeness (QED) is 0.359. The third-order valence-electron chi connectivity index (χ3n) is 7.62. The second kappa shape index (κ2) is 11.9. The highest BCUT2D eigenvalue weighted by atomic mass is 19.4.